The lowest BCUT2D eigenvalue weighted by molar-refractivity contribution is -0.140. The van der Waals surface area contributed by atoms with Gasteiger partial charge >= 0.3 is 0 Å². The molecule has 1 N–H and O–H groups in total. The minimum Gasteiger partial charge on any atom is -0.357 e. The van der Waals surface area contributed by atoms with Crippen LogP contribution < -0.4 is 9.62 Å². The van der Waals surface area contributed by atoms with E-state index in [2.05, 4.69) is 5.32 Å². The van der Waals surface area contributed by atoms with E-state index in [0.29, 0.717) is 5.02 Å². The van der Waals surface area contributed by atoms with Crippen LogP contribution in [0.4, 0.5) is 14.5 Å². The van der Waals surface area contributed by atoms with Crippen molar-refractivity contribution in [3.63, 3.8) is 0 Å². The Morgan fingerprint density at radius 3 is 2.27 bits per heavy atom. The van der Waals surface area contributed by atoms with Crippen molar-refractivity contribution >= 4 is 39.1 Å². The molecule has 33 heavy (non-hydrogen) atoms. The van der Waals surface area contributed by atoms with E-state index in [4.69, 9.17) is 11.6 Å². The molecule has 2 rings (SSSR count). The van der Waals surface area contributed by atoms with E-state index in [1.54, 1.807) is 31.2 Å². The van der Waals surface area contributed by atoms with Crippen LogP contribution in [0.5, 0.6) is 0 Å². The number of benzene rings is 2. The standard InChI is InChI=1S/C22H26ClF2N3O4S/c1-15(22(30)26-2)27(14-16-6-8-17(23)9-7-16)21(29)5-4-12-28(33(3,31)32)18-10-11-19(24)20(25)13-18/h6-11,13,15H,4-5,12,14H2,1-3H3,(H,26,30). The van der Waals surface area contributed by atoms with Crippen molar-refractivity contribution in [3.05, 3.63) is 64.7 Å². The number of halogens is 3. The lowest BCUT2D eigenvalue weighted by atomic mass is 10.1. The summed E-state index contributed by atoms with van der Waals surface area (Å²) in [6.45, 7) is 1.62. The molecule has 7 nitrogen and oxygen atoms in total. The van der Waals surface area contributed by atoms with Crippen molar-refractivity contribution in [2.24, 2.45) is 0 Å². The maximum Gasteiger partial charge on any atom is 0.242 e. The van der Waals surface area contributed by atoms with Crippen LogP contribution in [0.25, 0.3) is 0 Å². The molecule has 0 fully saturated rings. The number of rotatable bonds is 10. The fourth-order valence-electron chi connectivity index (χ4n) is 3.22. The molecule has 11 heteroatoms. The van der Waals surface area contributed by atoms with Gasteiger partial charge in [0.25, 0.3) is 0 Å². The largest absolute Gasteiger partial charge is 0.357 e. The summed E-state index contributed by atoms with van der Waals surface area (Å²) in [5.41, 5.74) is 0.726. The summed E-state index contributed by atoms with van der Waals surface area (Å²) in [6, 6.07) is 8.86. The average molecular weight is 502 g/mol. The van der Waals surface area contributed by atoms with E-state index < -0.39 is 27.7 Å². The smallest absolute Gasteiger partial charge is 0.242 e. The van der Waals surface area contributed by atoms with Gasteiger partial charge in [0.15, 0.2) is 11.6 Å². The third kappa shape index (κ3) is 7.40. The molecule has 0 bridgehead atoms. The second-order valence-corrected chi connectivity index (χ2v) is 9.82. The molecule has 2 aromatic rings. The maximum absolute atomic E-state index is 13.6. The van der Waals surface area contributed by atoms with Gasteiger partial charge in [-0.25, -0.2) is 17.2 Å². The molecule has 2 aromatic carbocycles. The van der Waals surface area contributed by atoms with Crippen molar-refractivity contribution in [2.75, 3.05) is 24.2 Å². The predicted octanol–water partition coefficient (Wildman–Crippen LogP) is 3.33. The molecule has 0 spiro atoms. The summed E-state index contributed by atoms with van der Waals surface area (Å²) in [4.78, 5) is 26.6. The molecule has 0 saturated carbocycles. The monoisotopic (exact) mass is 501 g/mol. The molecule has 2 amide bonds. The molecule has 0 radical (unpaired) electrons. The molecule has 1 atom stereocenters. The lowest BCUT2D eigenvalue weighted by Gasteiger charge is -2.29. The number of carbonyl (C=O) groups excluding carboxylic acids is 2. The van der Waals surface area contributed by atoms with Gasteiger partial charge in [0.05, 0.1) is 11.9 Å². The Labute approximate surface area is 197 Å². The van der Waals surface area contributed by atoms with Gasteiger partial charge in [-0.3, -0.25) is 13.9 Å². The fraction of sp³-hybridized carbons (Fsp3) is 0.364. The quantitative estimate of drug-likeness (QED) is 0.541. The zero-order valence-electron chi connectivity index (χ0n) is 18.5. The first-order valence-electron chi connectivity index (χ1n) is 10.1. The van der Waals surface area contributed by atoms with Gasteiger partial charge in [-0.1, -0.05) is 23.7 Å². The van der Waals surface area contributed by atoms with Crippen molar-refractivity contribution in [1.29, 1.82) is 0 Å². The first kappa shape index (κ1) is 26.5. The Bertz CT molecular complexity index is 1100. The van der Waals surface area contributed by atoms with Gasteiger partial charge in [0, 0.05) is 37.6 Å². The van der Waals surface area contributed by atoms with Crippen LogP contribution in [0.3, 0.4) is 0 Å². The SMILES string of the molecule is CNC(=O)C(C)N(Cc1ccc(Cl)cc1)C(=O)CCCN(c1ccc(F)c(F)c1)S(C)(=O)=O. The zero-order valence-corrected chi connectivity index (χ0v) is 20.1. The zero-order chi connectivity index (χ0) is 24.8. The molecule has 0 aliphatic carbocycles. The molecule has 1 unspecified atom stereocenters. The van der Waals surface area contributed by atoms with Crippen LogP contribution in [0, 0.1) is 11.6 Å². The maximum atomic E-state index is 13.6. The van der Waals surface area contributed by atoms with E-state index >= 15 is 0 Å². The third-order valence-electron chi connectivity index (χ3n) is 5.02. The number of nitrogens with one attached hydrogen (secondary N) is 1. The molecule has 0 saturated heterocycles. The number of nitrogens with zero attached hydrogens (tertiary/aromatic N) is 2. The average Bonchev–Trinajstić information content (AvgIpc) is 2.76. The van der Waals surface area contributed by atoms with E-state index in [1.807, 2.05) is 0 Å². The molecular weight excluding hydrogens is 476 g/mol. The summed E-state index contributed by atoms with van der Waals surface area (Å²) in [6.07, 6.45) is 0.976. The summed E-state index contributed by atoms with van der Waals surface area (Å²) < 4.78 is 52.2. The number of likely N-dealkylation sites (N-methyl/N-ethyl adjacent to an activating group) is 1. The van der Waals surface area contributed by atoms with Gasteiger partial charge in [-0.15, -0.1) is 0 Å². The summed E-state index contributed by atoms with van der Waals surface area (Å²) >= 11 is 5.91. The minimum absolute atomic E-state index is 0.0411. The minimum atomic E-state index is -3.81. The highest BCUT2D eigenvalue weighted by Crippen LogP contribution is 2.22. The van der Waals surface area contributed by atoms with E-state index in [-0.39, 0.29) is 43.4 Å². The number of amides is 2. The molecule has 0 heterocycles. The highest BCUT2D eigenvalue weighted by molar-refractivity contribution is 7.92. The summed E-state index contributed by atoms with van der Waals surface area (Å²) in [5, 5.41) is 3.05. The van der Waals surface area contributed by atoms with Crippen LogP contribution in [0.1, 0.15) is 25.3 Å². The van der Waals surface area contributed by atoms with Gasteiger partial charge in [-0.2, -0.15) is 0 Å². The highest BCUT2D eigenvalue weighted by Gasteiger charge is 2.26. The lowest BCUT2D eigenvalue weighted by Crippen LogP contribution is -2.46. The first-order valence-corrected chi connectivity index (χ1v) is 12.3. The third-order valence-corrected chi connectivity index (χ3v) is 6.47. The molecule has 0 aliphatic heterocycles. The number of carbonyl (C=O) groups is 2. The normalized spacial score (nSPS) is 12.2. The number of anilines is 1. The fourth-order valence-corrected chi connectivity index (χ4v) is 4.31. The van der Waals surface area contributed by atoms with E-state index in [9.17, 15) is 26.8 Å². The Morgan fingerprint density at radius 2 is 1.73 bits per heavy atom. The molecular formula is C22H26ClF2N3O4S. The van der Waals surface area contributed by atoms with Gasteiger partial charge < -0.3 is 10.2 Å². The van der Waals surface area contributed by atoms with Crippen LogP contribution in [0.2, 0.25) is 5.02 Å². The second-order valence-electron chi connectivity index (χ2n) is 7.48. The Balaban J connectivity index is 2.15. The van der Waals surface area contributed by atoms with Crippen molar-refractivity contribution in [3.8, 4) is 0 Å². The van der Waals surface area contributed by atoms with Gasteiger partial charge in [-0.05, 0) is 43.2 Å². The predicted molar refractivity (Wildman–Crippen MR) is 123 cm³/mol. The highest BCUT2D eigenvalue weighted by atomic mass is 35.5. The van der Waals surface area contributed by atoms with Crippen molar-refractivity contribution in [1.82, 2.24) is 10.2 Å². The van der Waals surface area contributed by atoms with Gasteiger partial charge in [0.2, 0.25) is 21.8 Å². The Morgan fingerprint density at radius 1 is 1.09 bits per heavy atom. The van der Waals surface area contributed by atoms with E-state index in [1.165, 1.54) is 11.9 Å². The molecule has 0 aromatic heterocycles. The number of hydrogen-bond acceptors (Lipinski definition) is 4. The second kappa shape index (κ2) is 11.4. The molecule has 180 valence electrons. The van der Waals surface area contributed by atoms with Crippen LogP contribution in [-0.4, -0.2) is 51.0 Å². The summed E-state index contributed by atoms with van der Waals surface area (Å²) in [5.74, 6) is -2.98. The van der Waals surface area contributed by atoms with Crippen LogP contribution in [-0.2, 0) is 26.2 Å². The number of hydrogen-bond donors (Lipinski definition) is 1. The summed E-state index contributed by atoms with van der Waals surface area (Å²) in [7, 11) is -2.34. The topological polar surface area (TPSA) is 86.8 Å². The van der Waals surface area contributed by atoms with Gasteiger partial charge in [0.1, 0.15) is 6.04 Å². The van der Waals surface area contributed by atoms with Crippen molar-refractivity contribution in [2.45, 2.75) is 32.4 Å². The Hall–Kier alpha value is -2.72. The Kier molecular flexibility index (Phi) is 9.18. The van der Waals surface area contributed by atoms with Crippen LogP contribution in [0.15, 0.2) is 42.5 Å². The first-order chi connectivity index (χ1) is 15.4. The molecule has 0 aliphatic rings. The van der Waals surface area contributed by atoms with Crippen molar-refractivity contribution < 1.29 is 26.8 Å². The van der Waals surface area contributed by atoms with Crippen LogP contribution >= 0.6 is 11.6 Å². The van der Waals surface area contributed by atoms with E-state index in [0.717, 1.165) is 34.3 Å². The number of sulfonamides is 1.